The summed E-state index contributed by atoms with van der Waals surface area (Å²) in [6.07, 6.45) is 0. The zero-order chi connectivity index (χ0) is 23.9. The summed E-state index contributed by atoms with van der Waals surface area (Å²) < 4.78 is 10.9. The van der Waals surface area contributed by atoms with Crippen LogP contribution < -0.4 is 10.6 Å². The van der Waals surface area contributed by atoms with E-state index in [9.17, 15) is 9.59 Å². The minimum atomic E-state index is -0.687. The first-order valence-corrected chi connectivity index (χ1v) is 10.9. The van der Waals surface area contributed by atoms with Crippen molar-refractivity contribution in [3.05, 3.63) is 101 Å². The SMILES string of the molecule is CCOC(=O)c1ccc(NC(=O)N[C@H](c2ccccc2)c2nnc(-c3ccc(Cl)cc3)o2)cc1. The number of urea groups is 1. The lowest BCUT2D eigenvalue weighted by atomic mass is 10.1. The Bertz CT molecular complexity index is 1260. The molecule has 4 aromatic rings. The lowest BCUT2D eigenvalue weighted by molar-refractivity contribution is 0.0526. The second-order valence-corrected chi connectivity index (χ2v) is 7.63. The summed E-state index contributed by atoms with van der Waals surface area (Å²) in [5.74, 6) is 0.115. The molecule has 1 heterocycles. The molecule has 3 aromatic carbocycles. The molecule has 172 valence electrons. The molecule has 34 heavy (non-hydrogen) atoms. The quantitative estimate of drug-likeness (QED) is 0.342. The summed E-state index contributed by atoms with van der Waals surface area (Å²) in [4.78, 5) is 24.6. The van der Waals surface area contributed by atoms with Gasteiger partial charge in [0.1, 0.15) is 6.04 Å². The topological polar surface area (TPSA) is 106 Å². The Morgan fingerprint density at radius 1 is 0.971 bits per heavy atom. The summed E-state index contributed by atoms with van der Waals surface area (Å²) in [7, 11) is 0. The summed E-state index contributed by atoms with van der Waals surface area (Å²) in [5, 5.41) is 14.5. The van der Waals surface area contributed by atoms with Crippen LogP contribution in [0.15, 0.2) is 83.3 Å². The fraction of sp³-hybridized carbons (Fsp3) is 0.120. The fourth-order valence-electron chi connectivity index (χ4n) is 3.20. The zero-order valence-electron chi connectivity index (χ0n) is 18.2. The number of carbonyl (C=O) groups excluding carboxylic acids is 2. The number of esters is 1. The van der Waals surface area contributed by atoms with E-state index in [1.165, 1.54) is 0 Å². The van der Waals surface area contributed by atoms with Crippen LogP contribution in [0.1, 0.15) is 34.8 Å². The van der Waals surface area contributed by atoms with Crippen molar-refractivity contribution in [1.82, 2.24) is 15.5 Å². The van der Waals surface area contributed by atoms with Crippen LogP contribution in [0.4, 0.5) is 10.5 Å². The molecule has 0 spiro atoms. The van der Waals surface area contributed by atoms with E-state index in [-0.39, 0.29) is 12.5 Å². The Morgan fingerprint density at radius 3 is 2.35 bits per heavy atom. The van der Waals surface area contributed by atoms with Gasteiger partial charge in [-0.05, 0) is 61.0 Å². The molecule has 0 aliphatic heterocycles. The summed E-state index contributed by atoms with van der Waals surface area (Å²) in [5.41, 5.74) is 2.38. The van der Waals surface area contributed by atoms with Gasteiger partial charge >= 0.3 is 12.0 Å². The molecule has 0 fully saturated rings. The Morgan fingerprint density at radius 2 is 1.68 bits per heavy atom. The second-order valence-electron chi connectivity index (χ2n) is 7.19. The number of halogens is 1. The van der Waals surface area contributed by atoms with Crippen molar-refractivity contribution in [1.29, 1.82) is 0 Å². The highest BCUT2D eigenvalue weighted by Gasteiger charge is 2.23. The second kappa shape index (κ2) is 10.6. The molecule has 1 atom stereocenters. The first-order chi connectivity index (χ1) is 16.5. The van der Waals surface area contributed by atoms with E-state index >= 15 is 0 Å². The summed E-state index contributed by atoms with van der Waals surface area (Å²) in [6.45, 7) is 2.03. The predicted octanol–water partition coefficient (Wildman–Crippen LogP) is 5.48. The van der Waals surface area contributed by atoms with Crippen LogP contribution in [0.25, 0.3) is 11.5 Å². The standard InChI is InChI=1S/C25H21ClN4O4/c1-2-33-24(31)18-10-14-20(15-11-18)27-25(32)28-21(16-6-4-3-5-7-16)23-30-29-22(34-23)17-8-12-19(26)13-9-17/h3-15,21H,2H2,1H3,(H2,27,28,32)/t21-/m1/s1. The van der Waals surface area contributed by atoms with Crippen molar-refractivity contribution >= 4 is 29.3 Å². The van der Waals surface area contributed by atoms with Crippen LogP contribution >= 0.6 is 11.6 Å². The maximum Gasteiger partial charge on any atom is 0.338 e. The van der Waals surface area contributed by atoms with E-state index < -0.39 is 18.0 Å². The Labute approximate surface area is 200 Å². The Kier molecular flexibility index (Phi) is 7.19. The number of ether oxygens (including phenoxy) is 1. The number of anilines is 1. The average molecular weight is 477 g/mol. The van der Waals surface area contributed by atoms with Gasteiger partial charge in [-0.3, -0.25) is 0 Å². The molecule has 4 rings (SSSR count). The van der Waals surface area contributed by atoms with Gasteiger partial charge in [0.15, 0.2) is 0 Å². The van der Waals surface area contributed by atoms with Crippen molar-refractivity contribution in [2.75, 3.05) is 11.9 Å². The van der Waals surface area contributed by atoms with Gasteiger partial charge in [0.2, 0.25) is 11.8 Å². The number of nitrogens with zero attached hydrogens (tertiary/aromatic N) is 2. The smallest absolute Gasteiger partial charge is 0.338 e. The van der Waals surface area contributed by atoms with Crippen LogP contribution in [0, 0.1) is 0 Å². The molecule has 2 N–H and O–H groups in total. The monoisotopic (exact) mass is 476 g/mol. The summed E-state index contributed by atoms with van der Waals surface area (Å²) >= 11 is 5.95. The minimum Gasteiger partial charge on any atom is -0.462 e. The third-order valence-corrected chi connectivity index (χ3v) is 5.09. The lowest BCUT2D eigenvalue weighted by Crippen LogP contribution is -2.33. The number of aromatic nitrogens is 2. The van der Waals surface area contributed by atoms with E-state index in [0.717, 1.165) is 5.56 Å². The molecule has 0 bridgehead atoms. The maximum atomic E-state index is 12.8. The number of nitrogens with one attached hydrogen (secondary N) is 2. The first kappa shape index (κ1) is 23.0. The minimum absolute atomic E-state index is 0.226. The molecular weight excluding hydrogens is 456 g/mol. The third-order valence-electron chi connectivity index (χ3n) is 4.84. The van der Waals surface area contributed by atoms with Crippen LogP contribution in [0.3, 0.4) is 0 Å². The highest BCUT2D eigenvalue weighted by atomic mass is 35.5. The Balaban J connectivity index is 1.52. The molecule has 0 saturated heterocycles. The van der Waals surface area contributed by atoms with Crippen LogP contribution in [0.5, 0.6) is 0 Å². The molecule has 9 heteroatoms. The normalized spacial score (nSPS) is 11.5. The van der Waals surface area contributed by atoms with Crippen molar-refractivity contribution in [3.63, 3.8) is 0 Å². The third kappa shape index (κ3) is 5.60. The predicted molar refractivity (Wildman–Crippen MR) is 128 cm³/mol. The molecule has 0 unspecified atom stereocenters. The number of benzene rings is 3. The van der Waals surface area contributed by atoms with Crippen molar-refractivity contribution < 1.29 is 18.7 Å². The highest BCUT2D eigenvalue weighted by molar-refractivity contribution is 6.30. The lowest BCUT2D eigenvalue weighted by Gasteiger charge is -2.16. The van der Waals surface area contributed by atoms with Crippen molar-refractivity contribution in [3.8, 4) is 11.5 Å². The van der Waals surface area contributed by atoms with Gasteiger partial charge in [0.05, 0.1) is 12.2 Å². The number of carbonyl (C=O) groups is 2. The molecule has 1 aromatic heterocycles. The molecular formula is C25H21ClN4O4. The fourth-order valence-corrected chi connectivity index (χ4v) is 3.32. The van der Waals surface area contributed by atoms with Gasteiger partial charge in [0, 0.05) is 16.3 Å². The van der Waals surface area contributed by atoms with E-state index in [4.69, 9.17) is 20.8 Å². The number of amides is 2. The number of hydrogen-bond acceptors (Lipinski definition) is 6. The number of rotatable bonds is 7. The van der Waals surface area contributed by atoms with Gasteiger partial charge in [-0.2, -0.15) is 0 Å². The maximum absolute atomic E-state index is 12.8. The van der Waals surface area contributed by atoms with Crippen LogP contribution in [0.2, 0.25) is 5.02 Å². The van der Waals surface area contributed by atoms with Gasteiger partial charge in [-0.25, -0.2) is 9.59 Å². The molecule has 2 amide bonds. The van der Waals surface area contributed by atoms with Crippen LogP contribution in [-0.4, -0.2) is 28.8 Å². The first-order valence-electron chi connectivity index (χ1n) is 10.5. The van der Waals surface area contributed by atoms with E-state index in [1.807, 2.05) is 30.3 Å². The van der Waals surface area contributed by atoms with E-state index in [1.54, 1.807) is 55.5 Å². The van der Waals surface area contributed by atoms with Gasteiger partial charge < -0.3 is 19.8 Å². The van der Waals surface area contributed by atoms with E-state index in [0.29, 0.717) is 27.7 Å². The average Bonchev–Trinajstić information content (AvgIpc) is 3.34. The van der Waals surface area contributed by atoms with Crippen molar-refractivity contribution in [2.45, 2.75) is 13.0 Å². The van der Waals surface area contributed by atoms with Gasteiger partial charge in [0.25, 0.3) is 0 Å². The number of hydrogen-bond donors (Lipinski definition) is 2. The van der Waals surface area contributed by atoms with Crippen molar-refractivity contribution in [2.24, 2.45) is 0 Å². The molecule has 0 radical (unpaired) electrons. The largest absolute Gasteiger partial charge is 0.462 e. The zero-order valence-corrected chi connectivity index (χ0v) is 19.0. The molecule has 0 saturated carbocycles. The summed E-state index contributed by atoms with van der Waals surface area (Å²) in [6, 6.07) is 21.5. The van der Waals surface area contributed by atoms with Gasteiger partial charge in [-0.15, -0.1) is 10.2 Å². The van der Waals surface area contributed by atoms with E-state index in [2.05, 4.69) is 20.8 Å². The van der Waals surface area contributed by atoms with Crippen LogP contribution in [-0.2, 0) is 4.74 Å². The molecule has 8 nitrogen and oxygen atoms in total. The van der Waals surface area contributed by atoms with Gasteiger partial charge in [-0.1, -0.05) is 41.9 Å². The molecule has 0 aliphatic rings. The Hall–Kier alpha value is -4.17. The highest BCUT2D eigenvalue weighted by Crippen LogP contribution is 2.26. The molecule has 0 aliphatic carbocycles.